The van der Waals surface area contributed by atoms with Crippen LogP contribution in [-0.2, 0) is 4.79 Å². The second kappa shape index (κ2) is 5.73. The Morgan fingerprint density at radius 1 is 1.32 bits per heavy atom. The van der Waals surface area contributed by atoms with Crippen molar-refractivity contribution in [1.29, 1.82) is 0 Å². The predicted molar refractivity (Wildman–Crippen MR) is 71.4 cm³/mol. The molecule has 0 saturated carbocycles. The zero-order chi connectivity index (χ0) is 14.6. The van der Waals surface area contributed by atoms with E-state index < -0.39 is 11.5 Å². The highest BCUT2D eigenvalue weighted by molar-refractivity contribution is 5.99. The molecule has 0 heterocycles. The molecule has 5 heteroatoms. The number of nitrogens with zero attached hydrogens (tertiary/aromatic N) is 1. The van der Waals surface area contributed by atoms with Crippen molar-refractivity contribution in [3.05, 3.63) is 29.8 Å². The van der Waals surface area contributed by atoms with Gasteiger partial charge in [0.2, 0.25) is 0 Å². The van der Waals surface area contributed by atoms with Crippen LogP contribution in [0.2, 0.25) is 0 Å². The molecule has 1 aromatic rings. The third-order valence-electron chi connectivity index (χ3n) is 3.10. The molecule has 1 rings (SSSR count). The summed E-state index contributed by atoms with van der Waals surface area (Å²) in [7, 11) is 1.48. The lowest BCUT2D eigenvalue weighted by Gasteiger charge is -2.34. The number of aliphatic carboxylic acids is 1. The third kappa shape index (κ3) is 2.86. The van der Waals surface area contributed by atoms with E-state index in [4.69, 9.17) is 4.74 Å². The first-order valence-electron chi connectivity index (χ1n) is 6.04. The van der Waals surface area contributed by atoms with Crippen LogP contribution in [0.1, 0.15) is 31.1 Å². The largest absolute Gasteiger partial charge is 0.496 e. The van der Waals surface area contributed by atoms with E-state index in [1.807, 2.05) is 0 Å². The molecule has 104 valence electrons. The minimum atomic E-state index is -1.27. The molecule has 0 atom stereocenters. The molecule has 1 aromatic carbocycles. The Bertz CT molecular complexity index is 482. The number of carbonyl (C=O) groups is 2. The summed E-state index contributed by atoms with van der Waals surface area (Å²) in [5, 5.41) is 9.24. The average Bonchev–Trinajstić information content (AvgIpc) is 2.38. The van der Waals surface area contributed by atoms with Crippen LogP contribution in [-0.4, -0.2) is 41.1 Å². The van der Waals surface area contributed by atoms with E-state index in [9.17, 15) is 14.7 Å². The minimum absolute atomic E-state index is 0.302. The monoisotopic (exact) mass is 265 g/mol. The van der Waals surface area contributed by atoms with E-state index in [2.05, 4.69) is 0 Å². The highest BCUT2D eigenvalue weighted by atomic mass is 16.5. The number of carbonyl (C=O) groups excluding carboxylic acids is 1. The van der Waals surface area contributed by atoms with Crippen molar-refractivity contribution in [3.8, 4) is 5.75 Å². The lowest BCUT2D eigenvalue weighted by atomic mass is 10.0. The maximum absolute atomic E-state index is 12.5. The first-order chi connectivity index (χ1) is 8.86. The quantitative estimate of drug-likeness (QED) is 0.884. The van der Waals surface area contributed by atoms with Gasteiger partial charge in [0.25, 0.3) is 5.91 Å². The molecule has 1 amide bonds. The zero-order valence-electron chi connectivity index (χ0n) is 11.6. The Morgan fingerprint density at radius 3 is 2.37 bits per heavy atom. The molecule has 0 aliphatic carbocycles. The number of methoxy groups -OCH3 is 1. The summed E-state index contributed by atoms with van der Waals surface area (Å²) in [5.74, 6) is -0.961. The van der Waals surface area contributed by atoms with Gasteiger partial charge in [0.1, 0.15) is 11.3 Å². The summed E-state index contributed by atoms with van der Waals surface area (Å²) in [6.07, 6.45) is 0. The molecule has 5 nitrogen and oxygen atoms in total. The minimum Gasteiger partial charge on any atom is -0.496 e. The van der Waals surface area contributed by atoms with E-state index in [-0.39, 0.29) is 5.91 Å². The SMILES string of the molecule is CCN(C(=O)c1ccccc1OC)C(C)(C)C(=O)O. The second-order valence-electron chi connectivity index (χ2n) is 4.61. The van der Waals surface area contributed by atoms with Crippen molar-refractivity contribution in [2.75, 3.05) is 13.7 Å². The molecule has 0 bridgehead atoms. The van der Waals surface area contributed by atoms with Crippen LogP contribution < -0.4 is 4.74 Å². The molecule has 19 heavy (non-hydrogen) atoms. The summed E-state index contributed by atoms with van der Waals surface area (Å²) in [6, 6.07) is 6.78. The molecule has 0 radical (unpaired) electrons. The fourth-order valence-corrected chi connectivity index (χ4v) is 1.87. The van der Waals surface area contributed by atoms with Crippen LogP contribution in [0.4, 0.5) is 0 Å². The molecule has 0 spiro atoms. The lowest BCUT2D eigenvalue weighted by Crippen LogP contribution is -2.52. The number of para-hydroxylation sites is 1. The number of rotatable bonds is 5. The Morgan fingerprint density at radius 2 is 1.89 bits per heavy atom. The lowest BCUT2D eigenvalue weighted by molar-refractivity contribution is -0.147. The Balaban J connectivity index is 3.20. The number of likely N-dealkylation sites (N-methyl/N-ethyl adjacent to an activating group) is 1. The van der Waals surface area contributed by atoms with Gasteiger partial charge < -0.3 is 14.7 Å². The van der Waals surface area contributed by atoms with Crippen molar-refractivity contribution < 1.29 is 19.4 Å². The number of hydrogen-bond donors (Lipinski definition) is 1. The summed E-state index contributed by atoms with van der Waals surface area (Å²) in [5.41, 5.74) is -0.909. The molecule has 0 aliphatic heterocycles. The van der Waals surface area contributed by atoms with Gasteiger partial charge in [0.15, 0.2) is 0 Å². The van der Waals surface area contributed by atoms with Crippen LogP contribution in [0, 0.1) is 0 Å². The van der Waals surface area contributed by atoms with Crippen LogP contribution in [0.15, 0.2) is 24.3 Å². The van der Waals surface area contributed by atoms with Crippen molar-refractivity contribution in [3.63, 3.8) is 0 Å². The molecular formula is C14H19NO4. The first-order valence-corrected chi connectivity index (χ1v) is 6.04. The summed E-state index contributed by atoms with van der Waals surface area (Å²) < 4.78 is 5.14. The van der Waals surface area contributed by atoms with E-state index in [1.54, 1.807) is 31.2 Å². The molecule has 1 N–H and O–H groups in total. The van der Waals surface area contributed by atoms with Gasteiger partial charge in [-0.25, -0.2) is 4.79 Å². The van der Waals surface area contributed by atoms with Gasteiger partial charge in [0, 0.05) is 6.54 Å². The highest BCUT2D eigenvalue weighted by Crippen LogP contribution is 2.23. The Kier molecular flexibility index (Phi) is 4.53. The number of hydrogen-bond acceptors (Lipinski definition) is 3. The average molecular weight is 265 g/mol. The molecule has 0 aliphatic rings. The molecule has 0 saturated heterocycles. The normalized spacial score (nSPS) is 10.9. The van der Waals surface area contributed by atoms with Gasteiger partial charge in [-0.2, -0.15) is 0 Å². The second-order valence-corrected chi connectivity index (χ2v) is 4.61. The maximum Gasteiger partial charge on any atom is 0.329 e. The van der Waals surface area contributed by atoms with Crippen molar-refractivity contribution in [1.82, 2.24) is 4.90 Å². The molecule has 0 aromatic heterocycles. The van der Waals surface area contributed by atoms with Gasteiger partial charge in [0.05, 0.1) is 12.7 Å². The van der Waals surface area contributed by atoms with E-state index in [0.717, 1.165) is 0 Å². The van der Waals surface area contributed by atoms with E-state index in [1.165, 1.54) is 25.9 Å². The van der Waals surface area contributed by atoms with Gasteiger partial charge in [-0.15, -0.1) is 0 Å². The van der Waals surface area contributed by atoms with Crippen LogP contribution in [0.5, 0.6) is 5.75 Å². The van der Waals surface area contributed by atoms with Crippen molar-refractivity contribution in [2.45, 2.75) is 26.3 Å². The topological polar surface area (TPSA) is 66.8 Å². The van der Waals surface area contributed by atoms with Crippen molar-refractivity contribution in [2.24, 2.45) is 0 Å². The smallest absolute Gasteiger partial charge is 0.329 e. The highest BCUT2D eigenvalue weighted by Gasteiger charge is 2.37. The van der Waals surface area contributed by atoms with Crippen LogP contribution in [0.3, 0.4) is 0 Å². The Labute approximate surface area is 112 Å². The van der Waals surface area contributed by atoms with Gasteiger partial charge in [-0.05, 0) is 32.9 Å². The summed E-state index contributed by atoms with van der Waals surface area (Å²) in [6.45, 7) is 5.06. The maximum atomic E-state index is 12.5. The number of ether oxygens (including phenoxy) is 1. The van der Waals surface area contributed by atoms with Crippen molar-refractivity contribution >= 4 is 11.9 Å². The summed E-state index contributed by atoms with van der Waals surface area (Å²) in [4.78, 5) is 25.1. The predicted octanol–water partition coefficient (Wildman–Crippen LogP) is 2.02. The zero-order valence-corrected chi connectivity index (χ0v) is 11.6. The molecular weight excluding hydrogens is 246 g/mol. The van der Waals surface area contributed by atoms with E-state index >= 15 is 0 Å². The van der Waals surface area contributed by atoms with Crippen LogP contribution in [0.25, 0.3) is 0 Å². The number of benzene rings is 1. The number of carboxylic acid groups (broad SMARTS) is 1. The van der Waals surface area contributed by atoms with Crippen LogP contribution >= 0.6 is 0 Å². The Hall–Kier alpha value is -2.04. The number of amides is 1. The van der Waals surface area contributed by atoms with Gasteiger partial charge in [-0.3, -0.25) is 4.79 Å². The first kappa shape index (κ1) is 15.0. The fourth-order valence-electron chi connectivity index (χ4n) is 1.87. The summed E-state index contributed by atoms with van der Waals surface area (Å²) >= 11 is 0. The fraction of sp³-hybridized carbons (Fsp3) is 0.429. The van der Waals surface area contributed by atoms with Gasteiger partial charge in [-0.1, -0.05) is 12.1 Å². The molecule has 0 unspecified atom stereocenters. The van der Waals surface area contributed by atoms with E-state index in [0.29, 0.717) is 17.9 Å². The standard InChI is InChI=1S/C14H19NO4/c1-5-15(14(2,3)13(17)18)12(16)10-8-6-7-9-11(10)19-4/h6-9H,5H2,1-4H3,(H,17,18). The third-order valence-corrected chi connectivity index (χ3v) is 3.10. The molecule has 0 fully saturated rings. The van der Waals surface area contributed by atoms with Gasteiger partial charge >= 0.3 is 5.97 Å². The number of carboxylic acids is 1.